The summed E-state index contributed by atoms with van der Waals surface area (Å²) in [4.78, 5) is 6.35. The maximum Gasteiger partial charge on any atom is 0.282 e. The van der Waals surface area contributed by atoms with Gasteiger partial charge in [0.2, 0.25) is 0 Å². The summed E-state index contributed by atoms with van der Waals surface area (Å²) >= 11 is 0. The van der Waals surface area contributed by atoms with Crippen LogP contribution in [0.4, 0.5) is 11.5 Å². The lowest BCUT2D eigenvalue weighted by Crippen LogP contribution is -2.53. The van der Waals surface area contributed by atoms with Gasteiger partial charge >= 0.3 is 0 Å². The molecule has 0 bridgehead atoms. The Labute approximate surface area is 126 Å². The van der Waals surface area contributed by atoms with Gasteiger partial charge in [0.1, 0.15) is 5.82 Å². The van der Waals surface area contributed by atoms with E-state index in [1.54, 1.807) is 19.3 Å². The van der Waals surface area contributed by atoms with Crippen LogP contribution < -0.4 is 10.6 Å². The molecule has 118 valence electrons. The number of nitrogens with zero attached hydrogens (tertiary/aromatic N) is 4. The van der Waals surface area contributed by atoms with Gasteiger partial charge in [-0.15, -0.1) is 0 Å². The maximum absolute atomic E-state index is 12.4. The average molecular weight is 313 g/mol. The quantitative estimate of drug-likeness (QED) is 0.868. The van der Waals surface area contributed by atoms with Crippen LogP contribution in [0.25, 0.3) is 0 Å². The Morgan fingerprint density at radius 1 is 1.24 bits per heavy atom. The second-order valence-corrected chi connectivity index (χ2v) is 7.44. The van der Waals surface area contributed by atoms with E-state index in [4.69, 9.17) is 5.73 Å². The van der Waals surface area contributed by atoms with Gasteiger partial charge in [0.15, 0.2) is 0 Å². The second kappa shape index (κ2) is 6.17. The summed E-state index contributed by atoms with van der Waals surface area (Å²) in [5, 5.41) is 0. The van der Waals surface area contributed by atoms with E-state index in [0.29, 0.717) is 31.9 Å². The Morgan fingerprint density at radius 3 is 2.33 bits per heavy atom. The van der Waals surface area contributed by atoms with Crippen molar-refractivity contribution in [3.8, 4) is 0 Å². The number of rotatable bonds is 4. The van der Waals surface area contributed by atoms with Crippen LogP contribution in [0.5, 0.6) is 0 Å². The lowest BCUT2D eigenvalue weighted by atomic mass is 10.3. The second-order valence-electron chi connectivity index (χ2n) is 5.45. The molecule has 0 aliphatic carbocycles. The fourth-order valence-electron chi connectivity index (χ4n) is 2.18. The summed E-state index contributed by atoms with van der Waals surface area (Å²) in [6.07, 6.45) is 1.62. The van der Waals surface area contributed by atoms with Gasteiger partial charge < -0.3 is 10.6 Å². The lowest BCUT2D eigenvalue weighted by molar-refractivity contribution is 0.322. The highest BCUT2D eigenvalue weighted by atomic mass is 32.2. The van der Waals surface area contributed by atoms with Crippen LogP contribution in [0.2, 0.25) is 0 Å². The first-order valence-corrected chi connectivity index (χ1v) is 8.41. The first kappa shape index (κ1) is 16.0. The summed E-state index contributed by atoms with van der Waals surface area (Å²) in [5.41, 5.74) is 6.25. The van der Waals surface area contributed by atoms with Crippen LogP contribution in [0.3, 0.4) is 0 Å². The third-order valence-corrected chi connectivity index (χ3v) is 5.92. The first-order chi connectivity index (χ1) is 9.82. The van der Waals surface area contributed by atoms with Gasteiger partial charge in [-0.05, 0) is 26.0 Å². The van der Waals surface area contributed by atoms with Crippen LogP contribution in [0, 0.1) is 0 Å². The van der Waals surface area contributed by atoms with Gasteiger partial charge in [-0.25, -0.2) is 4.98 Å². The first-order valence-electron chi connectivity index (χ1n) is 7.02. The highest BCUT2D eigenvalue weighted by Gasteiger charge is 2.31. The van der Waals surface area contributed by atoms with Gasteiger partial charge in [-0.2, -0.15) is 17.0 Å². The van der Waals surface area contributed by atoms with E-state index < -0.39 is 10.2 Å². The summed E-state index contributed by atoms with van der Waals surface area (Å²) in [6, 6.07) is 3.62. The molecule has 0 radical (unpaired) electrons. The van der Waals surface area contributed by atoms with E-state index in [-0.39, 0.29) is 6.04 Å². The predicted octanol–water partition coefficient (Wildman–Crippen LogP) is 0.371. The summed E-state index contributed by atoms with van der Waals surface area (Å²) in [5.74, 6) is 0.832. The van der Waals surface area contributed by atoms with Crippen LogP contribution in [0.15, 0.2) is 18.3 Å². The van der Waals surface area contributed by atoms with E-state index in [2.05, 4.69) is 9.88 Å². The molecule has 1 fully saturated rings. The van der Waals surface area contributed by atoms with Gasteiger partial charge in [0.05, 0.1) is 11.9 Å². The molecule has 1 aromatic heterocycles. The zero-order valence-electron chi connectivity index (χ0n) is 12.7. The molecule has 0 amide bonds. The van der Waals surface area contributed by atoms with Crippen molar-refractivity contribution in [3.05, 3.63) is 18.3 Å². The molecule has 0 saturated carbocycles. The van der Waals surface area contributed by atoms with Gasteiger partial charge in [-0.3, -0.25) is 0 Å². The molecule has 2 rings (SSSR count). The third kappa shape index (κ3) is 3.45. The van der Waals surface area contributed by atoms with E-state index in [0.717, 1.165) is 5.82 Å². The van der Waals surface area contributed by atoms with Crippen molar-refractivity contribution in [1.29, 1.82) is 0 Å². The largest absolute Gasteiger partial charge is 0.397 e. The van der Waals surface area contributed by atoms with Crippen molar-refractivity contribution in [2.45, 2.75) is 19.9 Å². The SMILES string of the molecule is CC(C)N(C)S(=O)(=O)N1CCN(c2ccc(N)cn2)CC1. The standard InChI is InChI=1S/C13H23N5O2S/c1-11(2)16(3)21(19,20)18-8-6-17(7-9-18)13-5-4-12(14)10-15-13/h4-5,10-11H,6-9,14H2,1-3H3. The number of anilines is 2. The highest BCUT2D eigenvalue weighted by Crippen LogP contribution is 2.18. The van der Waals surface area contributed by atoms with Gasteiger partial charge in [0.25, 0.3) is 10.2 Å². The minimum absolute atomic E-state index is 0.0493. The topological polar surface area (TPSA) is 82.8 Å². The molecule has 1 saturated heterocycles. The molecule has 2 N–H and O–H groups in total. The van der Waals surface area contributed by atoms with Crippen LogP contribution in [0.1, 0.15) is 13.8 Å². The molecule has 7 nitrogen and oxygen atoms in total. The number of nitrogens with two attached hydrogens (primary N) is 1. The normalized spacial score (nSPS) is 17.7. The zero-order chi connectivity index (χ0) is 15.6. The number of hydrogen-bond acceptors (Lipinski definition) is 5. The van der Waals surface area contributed by atoms with Gasteiger partial charge in [-0.1, -0.05) is 0 Å². The summed E-state index contributed by atoms with van der Waals surface area (Å²) < 4.78 is 27.8. The molecule has 2 heterocycles. The van der Waals surface area contributed by atoms with Crippen LogP contribution in [-0.4, -0.2) is 61.3 Å². The Kier molecular flexibility index (Phi) is 4.70. The fourth-order valence-corrected chi connectivity index (χ4v) is 3.70. The van der Waals surface area contributed by atoms with Crippen molar-refractivity contribution in [1.82, 2.24) is 13.6 Å². The van der Waals surface area contributed by atoms with Crippen molar-refractivity contribution in [2.75, 3.05) is 43.9 Å². The molecule has 21 heavy (non-hydrogen) atoms. The Bertz CT molecular complexity index is 565. The molecular weight excluding hydrogens is 290 g/mol. The van der Waals surface area contributed by atoms with E-state index in [1.165, 1.54) is 8.61 Å². The summed E-state index contributed by atoms with van der Waals surface area (Å²) in [7, 11) is -1.76. The summed E-state index contributed by atoms with van der Waals surface area (Å²) in [6.45, 7) is 5.92. The number of hydrogen-bond donors (Lipinski definition) is 1. The van der Waals surface area contributed by atoms with E-state index in [9.17, 15) is 8.42 Å². The molecule has 1 aliphatic rings. The molecule has 0 atom stereocenters. The third-order valence-electron chi connectivity index (χ3n) is 3.75. The van der Waals surface area contributed by atoms with Crippen molar-refractivity contribution in [3.63, 3.8) is 0 Å². The number of piperazine rings is 1. The van der Waals surface area contributed by atoms with Crippen molar-refractivity contribution < 1.29 is 8.42 Å². The van der Waals surface area contributed by atoms with Crippen LogP contribution >= 0.6 is 0 Å². The zero-order valence-corrected chi connectivity index (χ0v) is 13.5. The lowest BCUT2D eigenvalue weighted by Gasteiger charge is -2.37. The monoisotopic (exact) mass is 313 g/mol. The Balaban J connectivity index is 2.02. The number of aromatic nitrogens is 1. The predicted molar refractivity (Wildman–Crippen MR) is 84.3 cm³/mol. The molecule has 0 aromatic carbocycles. The minimum Gasteiger partial charge on any atom is -0.397 e. The Morgan fingerprint density at radius 2 is 1.86 bits per heavy atom. The van der Waals surface area contributed by atoms with Gasteiger partial charge in [0, 0.05) is 39.3 Å². The maximum atomic E-state index is 12.4. The smallest absolute Gasteiger partial charge is 0.282 e. The minimum atomic E-state index is -3.37. The number of pyridine rings is 1. The average Bonchev–Trinajstić information content (AvgIpc) is 2.47. The molecule has 1 aliphatic heterocycles. The van der Waals surface area contributed by atoms with Crippen molar-refractivity contribution >= 4 is 21.7 Å². The molecule has 0 unspecified atom stereocenters. The van der Waals surface area contributed by atoms with Crippen molar-refractivity contribution in [2.24, 2.45) is 0 Å². The Hall–Kier alpha value is -1.38. The molecule has 1 aromatic rings. The number of nitrogen functional groups attached to an aromatic ring is 1. The van der Waals surface area contributed by atoms with E-state index in [1.807, 2.05) is 19.9 Å². The molecule has 0 spiro atoms. The fraction of sp³-hybridized carbons (Fsp3) is 0.615. The molecular formula is C13H23N5O2S. The van der Waals surface area contributed by atoms with E-state index >= 15 is 0 Å². The molecule has 8 heteroatoms. The highest BCUT2D eigenvalue weighted by molar-refractivity contribution is 7.86. The van der Waals surface area contributed by atoms with Crippen LogP contribution in [-0.2, 0) is 10.2 Å².